The van der Waals surface area contributed by atoms with E-state index in [0.717, 1.165) is 31.7 Å². The van der Waals surface area contributed by atoms with E-state index in [9.17, 15) is 28.3 Å². The molecule has 3 N–H and O–H groups in total. The van der Waals surface area contributed by atoms with Crippen molar-refractivity contribution in [2.45, 2.75) is 50.7 Å². The second kappa shape index (κ2) is 8.26. The maximum absolute atomic E-state index is 14.2. The molecule has 0 saturated heterocycles. The van der Waals surface area contributed by atoms with Crippen LogP contribution in [0, 0.1) is 11.6 Å². The number of benzene rings is 1. The molecule has 2 heterocycles. The molecular weight excluding hydrogens is 412 g/mol. The summed E-state index contributed by atoms with van der Waals surface area (Å²) in [4.78, 5) is 38.2. The summed E-state index contributed by atoms with van der Waals surface area (Å²) in [7, 11) is 0. The van der Waals surface area contributed by atoms with E-state index in [-0.39, 0.29) is 40.9 Å². The molecule has 1 unspecified atom stereocenters. The number of ether oxygens (including phenoxy) is 1. The fraction of sp³-hybridized carbons (Fsp3) is 0.476. The minimum atomic E-state index is -1.26. The van der Waals surface area contributed by atoms with Crippen LogP contribution in [0.15, 0.2) is 17.1 Å². The van der Waals surface area contributed by atoms with Crippen molar-refractivity contribution in [2.75, 3.05) is 13.2 Å². The first-order valence-corrected chi connectivity index (χ1v) is 10.2. The summed E-state index contributed by atoms with van der Waals surface area (Å²) < 4.78 is 35.0. The van der Waals surface area contributed by atoms with Gasteiger partial charge in [0.1, 0.15) is 18.2 Å². The first-order valence-electron chi connectivity index (χ1n) is 10.2. The van der Waals surface area contributed by atoms with Gasteiger partial charge in [-0.15, -0.1) is 0 Å². The zero-order valence-electron chi connectivity index (χ0n) is 16.9. The molecule has 2 amide bonds. The summed E-state index contributed by atoms with van der Waals surface area (Å²) in [6.45, 7) is 1.11. The molecule has 1 aliphatic carbocycles. The summed E-state index contributed by atoms with van der Waals surface area (Å²) in [5.74, 6) is -4.26. The van der Waals surface area contributed by atoms with E-state index in [4.69, 9.17) is 4.74 Å². The molecular formula is C21H23F2N3O5. The van der Waals surface area contributed by atoms with Crippen LogP contribution in [0.2, 0.25) is 0 Å². The second-order valence-electron chi connectivity index (χ2n) is 8.04. The Morgan fingerprint density at radius 1 is 1.32 bits per heavy atom. The van der Waals surface area contributed by atoms with Gasteiger partial charge in [-0.25, -0.2) is 4.39 Å². The minimum Gasteiger partial charge on any atom is -0.486 e. The first-order chi connectivity index (χ1) is 14.8. The predicted molar refractivity (Wildman–Crippen MR) is 107 cm³/mol. The van der Waals surface area contributed by atoms with Gasteiger partial charge in [-0.05, 0) is 25.8 Å². The summed E-state index contributed by atoms with van der Waals surface area (Å²) in [6, 6.07) is -0.870. The molecule has 166 valence electrons. The third-order valence-corrected chi connectivity index (χ3v) is 5.86. The Morgan fingerprint density at radius 3 is 2.71 bits per heavy atom. The zero-order chi connectivity index (χ0) is 22.3. The highest BCUT2D eigenvalue weighted by atomic mass is 19.2. The Morgan fingerprint density at radius 2 is 2.03 bits per heavy atom. The van der Waals surface area contributed by atoms with E-state index in [2.05, 4.69) is 10.6 Å². The SMILES string of the molecule is CC1COc2c(F)c(F)cc3c(=O)c(C(=O)N[C@@H](CO)C(=O)NC4CCCC4)cn1c23. The lowest BCUT2D eigenvalue weighted by molar-refractivity contribution is -0.124. The number of aliphatic hydroxyl groups excluding tert-OH is 1. The van der Waals surface area contributed by atoms with Crippen LogP contribution in [0.1, 0.15) is 49.0 Å². The van der Waals surface area contributed by atoms with E-state index in [0.29, 0.717) is 0 Å². The van der Waals surface area contributed by atoms with E-state index < -0.39 is 41.5 Å². The number of hydrogen-bond donors (Lipinski definition) is 3. The second-order valence-corrected chi connectivity index (χ2v) is 8.04. The number of hydrogen-bond acceptors (Lipinski definition) is 5. The molecule has 1 fully saturated rings. The zero-order valence-corrected chi connectivity index (χ0v) is 16.9. The van der Waals surface area contributed by atoms with Crippen molar-refractivity contribution in [3.05, 3.63) is 39.7 Å². The lowest BCUT2D eigenvalue weighted by atomic mass is 10.1. The topological polar surface area (TPSA) is 110 Å². The van der Waals surface area contributed by atoms with Crippen molar-refractivity contribution in [3.63, 3.8) is 0 Å². The number of aliphatic hydroxyl groups is 1. The maximum atomic E-state index is 14.2. The Balaban J connectivity index is 1.68. The smallest absolute Gasteiger partial charge is 0.257 e. The highest BCUT2D eigenvalue weighted by Crippen LogP contribution is 2.35. The van der Waals surface area contributed by atoms with Crippen LogP contribution in [-0.4, -0.2) is 46.8 Å². The standard InChI is InChI=1S/C21H23F2N3O5/c1-10-9-31-19-16(23)14(22)6-12-17(19)26(10)7-13(18(12)28)20(29)25-15(8-27)21(30)24-11-4-2-3-5-11/h6-7,10-11,15,27H,2-5,8-9H2,1H3,(H,24,30)(H,25,29)/t10?,15-/m0/s1. The summed E-state index contributed by atoms with van der Waals surface area (Å²) in [5, 5.41) is 14.6. The van der Waals surface area contributed by atoms with Gasteiger partial charge in [0.25, 0.3) is 5.91 Å². The molecule has 4 rings (SSSR count). The Labute approximate surface area is 176 Å². The van der Waals surface area contributed by atoms with Crippen LogP contribution in [0.4, 0.5) is 8.78 Å². The number of halogens is 2. The minimum absolute atomic E-state index is 0.00801. The number of aromatic nitrogens is 1. The third-order valence-electron chi connectivity index (χ3n) is 5.86. The molecule has 2 atom stereocenters. The third kappa shape index (κ3) is 3.76. The Bertz CT molecular complexity index is 1110. The highest BCUT2D eigenvalue weighted by molar-refractivity contribution is 6.00. The molecule has 31 heavy (non-hydrogen) atoms. The molecule has 8 nitrogen and oxygen atoms in total. The van der Waals surface area contributed by atoms with Crippen LogP contribution in [-0.2, 0) is 4.79 Å². The lowest BCUT2D eigenvalue weighted by Gasteiger charge is -2.27. The van der Waals surface area contributed by atoms with Crippen molar-refractivity contribution in [1.29, 1.82) is 0 Å². The van der Waals surface area contributed by atoms with Gasteiger partial charge in [-0.2, -0.15) is 4.39 Å². The number of carbonyl (C=O) groups is 2. The number of nitrogens with zero attached hydrogens (tertiary/aromatic N) is 1. The van der Waals surface area contributed by atoms with E-state index in [1.54, 1.807) is 6.92 Å². The monoisotopic (exact) mass is 435 g/mol. The van der Waals surface area contributed by atoms with Gasteiger partial charge in [-0.1, -0.05) is 12.8 Å². The van der Waals surface area contributed by atoms with E-state index in [1.807, 2.05) is 0 Å². The molecule has 2 aromatic rings. The molecule has 0 spiro atoms. The van der Waals surface area contributed by atoms with Crippen molar-refractivity contribution in [2.24, 2.45) is 0 Å². The van der Waals surface area contributed by atoms with Gasteiger partial charge in [0, 0.05) is 12.2 Å². The van der Waals surface area contributed by atoms with Crippen molar-refractivity contribution >= 4 is 22.7 Å². The molecule has 2 aliphatic rings. The average molecular weight is 435 g/mol. The van der Waals surface area contributed by atoms with Gasteiger partial charge < -0.3 is 25.0 Å². The predicted octanol–water partition coefficient (Wildman–Crippen LogP) is 1.38. The van der Waals surface area contributed by atoms with Gasteiger partial charge in [0.2, 0.25) is 17.2 Å². The van der Waals surface area contributed by atoms with Crippen molar-refractivity contribution < 1.29 is 28.2 Å². The lowest BCUT2D eigenvalue weighted by Crippen LogP contribution is -2.51. The van der Waals surface area contributed by atoms with Crippen LogP contribution in [0.5, 0.6) is 5.75 Å². The number of rotatable bonds is 5. The largest absolute Gasteiger partial charge is 0.486 e. The van der Waals surface area contributed by atoms with Crippen LogP contribution < -0.4 is 20.8 Å². The summed E-state index contributed by atoms with van der Waals surface area (Å²) in [6.07, 6.45) is 4.91. The molecule has 1 aromatic heterocycles. The number of pyridine rings is 1. The molecule has 1 aliphatic heterocycles. The van der Waals surface area contributed by atoms with Gasteiger partial charge >= 0.3 is 0 Å². The Kier molecular flexibility index (Phi) is 5.65. The molecule has 1 aromatic carbocycles. The summed E-state index contributed by atoms with van der Waals surface area (Å²) in [5.41, 5.74) is -1.10. The molecule has 0 bridgehead atoms. The van der Waals surface area contributed by atoms with Gasteiger partial charge in [0.15, 0.2) is 11.6 Å². The first kappa shape index (κ1) is 21.2. The molecule has 1 saturated carbocycles. The fourth-order valence-corrected chi connectivity index (χ4v) is 4.16. The van der Waals surface area contributed by atoms with Gasteiger partial charge in [-0.3, -0.25) is 14.4 Å². The van der Waals surface area contributed by atoms with E-state index in [1.165, 1.54) is 10.8 Å². The fourth-order valence-electron chi connectivity index (χ4n) is 4.16. The molecule has 0 radical (unpaired) electrons. The Hall–Kier alpha value is -3.01. The maximum Gasteiger partial charge on any atom is 0.257 e. The molecule has 10 heteroatoms. The van der Waals surface area contributed by atoms with Crippen LogP contribution in [0.3, 0.4) is 0 Å². The highest BCUT2D eigenvalue weighted by Gasteiger charge is 2.30. The average Bonchev–Trinajstić information content (AvgIpc) is 3.25. The van der Waals surface area contributed by atoms with Crippen LogP contribution >= 0.6 is 0 Å². The number of amides is 2. The number of nitrogens with one attached hydrogen (secondary N) is 2. The van der Waals surface area contributed by atoms with Crippen molar-refractivity contribution in [3.8, 4) is 5.75 Å². The quantitative estimate of drug-likeness (QED) is 0.658. The number of carbonyl (C=O) groups excluding carboxylic acids is 2. The van der Waals surface area contributed by atoms with Crippen molar-refractivity contribution in [1.82, 2.24) is 15.2 Å². The summed E-state index contributed by atoms with van der Waals surface area (Å²) >= 11 is 0. The van der Waals surface area contributed by atoms with Gasteiger partial charge in [0.05, 0.1) is 23.6 Å². The van der Waals surface area contributed by atoms with Crippen LogP contribution in [0.25, 0.3) is 10.9 Å². The normalized spacial score (nSPS) is 19.2. The van der Waals surface area contributed by atoms with E-state index >= 15 is 0 Å².